The van der Waals surface area contributed by atoms with E-state index in [1.54, 1.807) is 30.0 Å². The van der Waals surface area contributed by atoms with Gasteiger partial charge in [-0.2, -0.15) is 11.8 Å². The third kappa shape index (κ3) is 7.40. The third-order valence-electron chi connectivity index (χ3n) is 4.70. The number of sulfonamides is 1. The van der Waals surface area contributed by atoms with Crippen molar-refractivity contribution in [2.75, 3.05) is 23.1 Å². The Labute approximate surface area is 209 Å². The number of nitrogens with one attached hydrogen (secondary N) is 1. The molecule has 0 radical (unpaired) electrons. The molecule has 0 unspecified atom stereocenters. The first-order chi connectivity index (χ1) is 15.9. The normalized spacial score (nSPS) is 11.2. The Bertz CT molecular complexity index is 1160. The minimum absolute atomic E-state index is 0.0705. The van der Waals surface area contributed by atoms with E-state index in [2.05, 4.69) is 17.4 Å². The molecule has 0 spiro atoms. The van der Waals surface area contributed by atoms with Gasteiger partial charge < -0.3 is 5.32 Å². The van der Waals surface area contributed by atoms with Crippen LogP contribution >= 0.6 is 35.0 Å². The molecular weight excluding hydrogens is 499 g/mol. The summed E-state index contributed by atoms with van der Waals surface area (Å²) in [6.07, 6.45) is 0.774. The van der Waals surface area contributed by atoms with Crippen LogP contribution in [0.3, 0.4) is 0 Å². The van der Waals surface area contributed by atoms with Crippen molar-refractivity contribution in [2.45, 2.75) is 17.1 Å². The molecule has 1 N–H and O–H groups in total. The van der Waals surface area contributed by atoms with Crippen molar-refractivity contribution in [1.82, 2.24) is 5.32 Å². The lowest BCUT2D eigenvalue weighted by Gasteiger charge is -2.25. The molecule has 0 aliphatic rings. The van der Waals surface area contributed by atoms with Gasteiger partial charge in [0.25, 0.3) is 10.0 Å². The van der Waals surface area contributed by atoms with E-state index in [1.165, 1.54) is 35.9 Å². The Morgan fingerprint density at radius 1 is 0.939 bits per heavy atom. The maximum absolute atomic E-state index is 13.3. The summed E-state index contributed by atoms with van der Waals surface area (Å²) >= 11 is 14.0. The van der Waals surface area contributed by atoms with Crippen molar-refractivity contribution in [3.05, 3.63) is 94.5 Å². The summed E-state index contributed by atoms with van der Waals surface area (Å²) < 4.78 is 27.6. The summed E-state index contributed by atoms with van der Waals surface area (Å²) in [6.45, 7) is 0.0595. The number of halogens is 2. The smallest absolute Gasteiger partial charge is 0.264 e. The van der Waals surface area contributed by atoms with Gasteiger partial charge >= 0.3 is 0 Å². The highest BCUT2D eigenvalue weighted by Gasteiger charge is 2.28. The first-order valence-corrected chi connectivity index (χ1v) is 13.6. The molecule has 0 aliphatic heterocycles. The lowest BCUT2D eigenvalue weighted by molar-refractivity contribution is -0.119. The number of rotatable bonds is 11. The number of hydrogen-bond acceptors (Lipinski definition) is 4. The standard InChI is InChI=1S/C24H24Cl2N2O3S2/c25-20-12-13-23(22(26)16-20)28(33(30,31)21-10-5-2-6-11-21)17-24(29)27-14-7-15-32-18-19-8-3-1-4-9-19/h1-6,8-13,16H,7,14-15,17-18H2,(H,27,29). The van der Waals surface area contributed by atoms with E-state index in [4.69, 9.17) is 23.2 Å². The van der Waals surface area contributed by atoms with Crippen molar-refractivity contribution < 1.29 is 13.2 Å². The first-order valence-electron chi connectivity index (χ1n) is 10.3. The Hall–Kier alpha value is -2.19. The molecule has 0 atom stereocenters. The topological polar surface area (TPSA) is 66.5 Å². The number of carbonyl (C=O) groups is 1. The molecule has 0 aliphatic carbocycles. The molecule has 0 saturated heterocycles. The second kappa shape index (κ2) is 12.3. The number of benzene rings is 3. The number of anilines is 1. The monoisotopic (exact) mass is 522 g/mol. The predicted octanol–water partition coefficient (Wildman–Crippen LogP) is 5.63. The number of hydrogen-bond donors (Lipinski definition) is 1. The molecular formula is C24H24Cl2N2O3S2. The second-order valence-electron chi connectivity index (χ2n) is 7.16. The SMILES string of the molecule is O=C(CN(c1ccc(Cl)cc1Cl)S(=O)(=O)c1ccccc1)NCCCSCc1ccccc1. The molecule has 33 heavy (non-hydrogen) atoms. The molecule has 0 aromatic heterocycles. The molecule has 0 fully saturated rings. The largest absolute Gasteiger partial charge is 0.354 e. The van der Waals surface area contributed by atoms with E-state index < -0.39 is 22.5 Å². The minimum atomic E-state index is -4.01. The Kier molecular flexibility index (Phi) is 9.50. The summed E-state index contributed by atoms with van der Waals surface area (Å²) in [4.78, 5) is 12.7. The zero-order chi connectivity index (χ0) is 23.7. The summed E-state index contributed by atoms with van der Waals surface area (Å²) in [6, 6.07) is 22.6. The van der Waals surface area contributed by atoms with Crippen LogP contribution in [0.2, 0.25) is 10.0 Å². The van der Waals surface area contributed by atoms with E-state index >= 15 is 0 Å². The molecule has 3 aromatic rings. The Balaban J connectivity index is 1.62. The van der Waals surface area contributed by atoms with E-state index in [0.29, 0.717) is 11.6 Å². The van der Waals surface area contributed by atoms with Crippen molar-refractivity contribution in [3.8, 4) is 0 Å². The van der Waals surface area contributed by atoms with Crippen LogP contribution in [-0.2, 0) is 20.6 Å². The zero-order valence-corrected chi connectivity index (χ0v) is 20.9. The Morgan fingerprint density at radius 2 is 1.61 bits per heavy atom. The van der Waals surface area contributed by atoms with E-state index in [-0.39, 0.29) is 15.6 Å². The molecule has 174 valence electrons. The van der Waals surface area contributed by atoms with Gasteiger partial charge in [0.15, 0.2) is 0 Å². The summed E-state index contributed by atoms with van der Waals surface area (Å²) in [5, 5.41) is 3.33. The van der Waals surface area contributed by atoms with E-state index in [1.807, 2.05) is 18.2 Å². The first kappa shape index (κ1) is 25.4. The summed E-state index contributed by atoms with van der Waals surface area (Å²) in [5.74, 6) is 1.38. The van der Waals surface area contributed by atoms with Gasteiger partial charge in [-0.25, -0.2) is 8.42 Å². The Morgan fingerprint density at radius 3 is 2.27 bits per heavy atom. The maximum atomic E-state index is 13.3. The van der Waals surface area contributed by atoms with Gasteiger partial charge in [0, 0.05) is 17.3 Å². The predicted molar refractivity (Wildman–Crippen MR) is 138 cm³/mol. The lowest BCUT2D eigenvalue weighted by Crippen LogP contribution is -2.41. The maximum Gasteiger partial charge on any atom is 0.264 e. The fourth-order valence-electron chi connectivity index (χ4n) is 3.06. The molecule has 0 bridgehead atoms. The fraction of sp³-hybridized carbons (Fsp3) is 0.208. The average Bonchev–Trinajstić information content (AvgIpc) is 2.81. The minimum Gasteiger partial charge on any atom is -0.354 e. The van der Waals surface area contributed by atoms with Crippen molar-refractivity contribution in [1.29, 1.82) is 0 Å². The highest BCUT2D eigenvalue weighted by Crippen LogP contribution is 2.32. The number of amides is 1. The van der Waals surface area contributed by atoms with Crippen LogP contribution in [0.25, 0.3) is 0 Å². The van der Waals surface area contributed by atoms with Gasteiger partial charge in [-0.1, -0.05) is 71.7 Å². The second-order valence-corrected chi connectivity index (χ2v) is 11.0. The van der Waals surface area contributed by atoms with Gasteiger partial charge in [-0.3, -0.25) is 9.10 Å². The van der Waals surface area contributed by atoms with Gasteiger partial charge in [0.2, 0.25) is 5.91 Å². The van der Waals surface area contributed by atoms with Crippen LogP contribution in [0.4, 0.5) is 5.69 Å². The van der Waals surface area contributed by atoms with Crippen LogP contribution in [0.15, 0.2) is 83.8 Å². The molecule has 1 amide bonds. The third-order valence-corrected chi connectivity index (χ3v) is 8.12. The highest BCUT2D eigenvalue weighted by molar-refractivity contribution is 7.98. The average molecular weight is 524 g/mol. The van der Waals surface area contributed by atoms with Crippen LogP contribution in [-0.4, -0.2) is 33.2 Å². The van der Waals surface area contributed by atoms with Crippen LogP contribution in [0.1, 0.15) is 12.0 Å². The number of thioether (sulfide) groups is 1. The van der Waals surface area contributed by atoms with Crippen LogP contribution in [0.5, 0.6) is 0 Å². The van der Waals surface area contributed by atoms with Crippen LogP contribution < -0.4 is 9.62 Å². The van der Waals surface area contributed by atoms with E-state index in [9.17, 15) is 13.2 Å². The molecule has 0 heterocycles. The van der Waals surface area contributed by atoms with Crippen molar-refractivity contribution >= 4 is 56.6 Å². The highest BCUT2D eigenvalue weighted by atomic mass is 35.5. The molecule has 5 nitrogen and oxygen atoms in total. The van der Waals surface area contributed by atoms with Gasteiger partial charge in [0.1, 0.15) is 6.54 Å². The van der Waals surface area contributed by atoms with Crippen molar-refractivity contribution in [2.24, 2.45) is 0 Å². The van der Waals surface area contributed by atoms with Gasteiger partial charge in [0.05, 0.1) is 15.6 Å². The number of carbonyl (C=O) groups excluding carboxylic acids is 1. The number of nitrogens with zero attached hydrogens (tertiary/aromatic N) is 1. The molecule has 3 aromatic carbocycles. The van der Waals surface area contributed by atoms with E-state index in [0.717, 1.165) is 22.2 Å². The zero-order valence-electron chi connectivity index (χ0n) is 17.8. The summed E-state index contributed by atoms with van der Waals surface area (Å²) in [7, 11) is -4.01. The lowest BCUT2D eigenvalue weighted by atomic mass is 10.2. The molecule has 0 saturated carbocycles. The molecule has 3 rings (SSSR count). The van der Waals surface area contributed by atoms with Gasteiger partial charge in [-0.05, 0) is 48.1 Å². The van der Waals surface area contributed by atoms with Crippen LogP contribution in [0, 0.1) is 0 Å². The molecule has 9 heteroatoms. The fourth-order valence-corrected chi connectivity index (χ4v) is 6.00. The van der Waals surface area contributed by atoms with Gasteiger partial charge in [-0.15, -0.1) is 0 Å². The quantitative estimate of drug-likeness (QED) is 0.331. The summed E-state index contributed by atoms with van der Waals surface area (Å²) in [5.41, 5.74) is 1.45. The van der Waals surface area contributed by atoms with Crippen molar-refractivity contribution in [3.63, 3.8) is 0 Å².